The van der Waals surface area contributed by atoms with Crippen molar-refractivity contribution in [1.82, 2.24) is 10.2 Å². The molecule has 1 amide bonds. The number of hydrogen-bond donors (Lipinski definition) is 2. The summed E-state index contributed by atoms with van der Waals surface area (Å²) in [5.41, 5.74) is 0. The van der Waals surface area contributed by atoms with Crippen LogP contribution in [-0.4, -0.2) is 66.5 Å². The number of hydrogen-bond acceptors (Lipinski definition) is 5. The van der Waals surface area contributed by atoms with E-state index < -0.39 is 28.4 Å². The van der Waals surface area contributed by atoms with Crippen LogP contribution in [0.15, 0.2) is 0 Å². The minimum atomic E-state index is -3.15. The third-order valence-corrected chi connectivity index (χ3v) is 6.61. The molecule has 118 valence electrons. The number of rotatable bonds is 4. The van der Waals surface area contributed by atoms with E-state index in [0.29, 0.717) is 12.5 Å². The molecule has 0 aromatic carbocycles. The Balaban J connectivity index is 1.76. The largest absolute Gasteiger partial charge is 0.480 e. The molecule has 3 rings (SSSR count). The lowest BCUT2D eigenvalue weighted by atomic mass is 9.87. The van der Waals surface area contributed by atoms with Gasteiger partial charge in [-0.05, 0) is 25.7 Å². The Kier molecular flexibility index (Phi) is 3.69. The Morgan fingerprint density at radius 1 is 1.24 bits per heavy atom. The fourth-order valence-corrected chi connectivity index (χ4v) is 5.59. The summed E-state index contributed by atoms with van der Waals surface area (Å²) in [6, 6.07) is -0.0162. The van der Waals surface area contributed by atoms with Gasteiger partial charge in [0.25, 0.3) is 0 Å². The van der Waals surface area contributed by atoms with Gasteiger partial charge in [0.1, 0.15) is 6.54 Å². The second kappa shape index (κ2) is 5.24. The fraction of sp³-hybridized carbons (Fsp3) is 0.846. The molecule has 0 aromatic rings. The van der Waals surface area contributed by atoms with E-state index in [-0.39, 0.29) is 29.4 Å². The summed E-state index contributed by atoms with van der Waals surface area (Å²) in [5, 5.41) is 12.4. The van der Waals surface area contributed by atoms with Gasteiger partial charge < -0.3 is 15.3 Å². The smallest absolute Gasteiger partial charge is 0.323 e. The van der Waals surface area contributed by atoms with Gasteiger partial charge in [0.05, 0.1) is 17.4 Å². The number of carbonyl (C=O) groups is 2. The van der Waals surface area contributed by atoms with Gasteiger partial charge in [-0.3, -0.25) is 9.59 Å². The van der Waals surface area contributed by atoms with Gasteiger partial charge >= 0.3 is 5.97 Å². The molecular formula is C13H20N2O5S. The van der Waals surface area contributed by atoms with Crippen molar-refractivity contribution in [2.24, 2.45) is 5.92 Å². The van der Waals surface area contributed by atoms with E-state index in [4.69, 9.17) is 5.11 Å². The highest BCUT2D eigenvalue weighted by Crippen LogP contribution is 2.35. The topological polar surface area (TPSA) is 104 Å². The maximum Gasteiger partial charge on any atom is 0.323 e. The Labute approximate surface area is 123 Å². The number of sulfone groups is 1. The predicted molar refractivity (Wildman–Crippen MR) is 74.5 cm³/mol. The van der Waals surface area contributed by atoms with Gasteiger partial charge in [0.2, 0.25) is 5.91 Å². The van der Waals surface area contributed by atoms with Crippen molar-refractivity contribution in [2.75, 3.05) is 18.1 Å². The molecule has 3 saturated heterocycles. The fourth-order valence-electron chi connectivity index (χ4n) is 3.86. The van der Waals surface area contributed by atoms with E-state index in [1.54, 1.807) is 0 Å². The Hall–Kier alpha value is -1.15. The zero-order chi connectivity index (χ0) is 15.2. The SMILES string of the molecule is O=C(O)CN(C(=O)C1CC2CCC1N2)C1CCS(=O)(=O)C1. The first-order valence-electron chi connectivity index (χ1n) is 7.34. The molecule has 3 aliphatic rings. The molecular weight excluding hydrogens is 296 g/mol. The van der Waals surface area contributed by atoms with Gasteiger partial charge in [-0.2, -0.15) is 0 Å². The van der Waals surface area contributed by atoms with Gasteiger partial charge in [-0.15, -0.1) is 0 Å². The zero-order valence-corrected chi connectivity index (χ0v) is 12.5. The monoisotopic (exact) mass is 316 g/mol. The molecule has 3 aliphatic heterocycles. The molecule has 0 aliphatic carbocycles. The molecule has 0 spiro atoms. The van der Waals surface area contributed by atoms with Crippen molar-refractivity contribution in [3.63, 3.8) is 0 Å². The summed E-state index contributed by atoms with van der Waals surface area (Å²) < 4.78 is 23.2. The van der Waals surface area contributed by atoms with Crippen molar-refractivity contribution >= 4 is 21.7 Å². The van der Waals surface area contributed by atoms with Crippen molar-refractivity contribution in [1.29, 1.82) is 0 Å². The van der Waals surface area contributed by atoms with Crippen LogP contribution < -0.4 is 5.32 Å². The van der Waals surface area contributed by atoms with E-state index >= 15 is 0 Å². The standard InChI is InChI=1S/C13H20N2O5S/c16-12(17)6-15(9-3-4-21(19,20)7-9)13(18)10-5-8-1-2-11(10)14-8/h8-11,14H,1-7H2,(H,16,17). The van der Waals surface area contributed by atoms with E-state index in [2.05, 4.69) is 5.32 Å². The second-order valence-corrected chi connectivity index (χ2v) is 8.54. The molecule has 0 radical (unpaired) electrons. The predicted octanol–water partition coefficient (Wildman–Crippen LogP) is -0.773. The second-order valence-electron chi connectivity index (χ2n) is 6.31. The lowest BCUT2D eigenvalue weighted by Crippen LogP contribution is -2.49. The molecule has 3 fully saturated rings. The highest BCUT2D eigenvalue weighted by Gasteiger charge is 2.46. The van der Waals surface area contributed by atoms with Crippen LogP contribution in [0.5, 0.6) is 0 Å². The van der Waals surface area contributed by atoms with E-state index in [0.717, 1.165) is 19.3 Å². The van der Waals surface area contributed by atoms with Gasteiger partial charge in [0.15, 0.2) is 9.84 Å². The maximum absolute atomic E-state index is 12.7. The summed E-state index contributed by atoms with van der Waals surface area (Å²) in [6.45, 7) is -0.410. The van der Waals surface area contributed by atoms with E-state index in [1.165, 1.54) is 4.90 Å². The molecule has 4 atom stereocenters. The normalized spacial score (nSPS) is 36.8. The lowest BCUT2D eigenvalue weighted by molar-refractivity contribution is -0.148. The summed E-state index contributed by atoms with van der Waals surface area (Å²) in [7, 11) is -3.15. The first-order valence-corrected chi connectivity index (χ1v) is 9.16. The van der Waals surface area contributed by atoms with Crippen LogP contribution in [0.2, 0.25) is 0 Å². The quantitative estimate of drug-likeness (QED) is 0.706. The molecule has 0 saturated carbocycles. The molecule has 3 heterocycles. The molecule has 2 bridgehead atoms. The Morgan fingerprint density at radius 3 is 2.48 bits per heavy atom. The lowest BCUT2D eigenvalue weighted by Gasteiger charge is -2.31. The molecule has 0 aromatic heterocycles. The number of aliphatic carboxylic acids is 1. The van der Waals surface area contributed by atoms with Crippen LogP contribution >= 0.6 is 0 Å². The maximum atomic E-state index is 12.7. The first-order chi connectivity index (χ1) is 9.85. The van der Waals surface area contributed by atoms with Gasteiger partial charge in [-0.25, -0.2) is 8.42 Å². The Morgan fingerprint density at radius 2 is 2.00 bits per heavy atom. The van der Waals surface area contributed by atoms with Crippen molar-refractivity contribution in [3.8, 4) is 0 Å². The molecule has 4 unspecified atom stereocenters. The number of nitrogens with one attached hydrogen (secondary N) is 1. The van der Waals surface area contributed by atoms with E-state index in [9.17, 15) is 18.0 Å². The average Bonchev–Trinajstić information content (AvgIpc) is 3.09. The average molecular weight is 316 g/mol. The molecule has 2 N–H and O–H groups in total. The number of carboxylic acid groups (broad SMARTS) is 1. The number of nitrogens with zero attached hydrogens (tertiary/aromatic N) is 1. The van der Waals surface area contributed by atoms with Crippen LogP contribution in [0.3, 0.4) is 0 Å². The Bertz CT molecular complexity index is 561. The molecule has 8 heteroatoms. The third-order valence-electron chi connectivity index (χ3n) is 4.86. The minimum absolute atomic E-state index is 0.0377. The summed E-state index contributed by atoms with van der Waals surface area (Å²) in [5.74, 6) is -1.56. The van der Waals surface area contributed by atoms with Crippen molar-refractivity contribution in [2.45, 2.75) is 43.8 Å². The van der Waals surface area contributed by atoms with Crippen molar-refractivity contribution in [3.05, 3.63) is 0 Å². The number of fused-ring (bicyclic) bond motifs is 2. The summed E-state index contributed by atoms with van der Waals surface area (Å²) >= 11 is 0. The number of amides is 1. The van der Waals surface area contributed by atoms with Crippen LogP contribution in [0.25, 0.3) is 0 Å². The third kappa shape index (κ3) is 2.91. The minimum Gasteiger partial charge on any atom is -0.480 e. The summed E-state index contributed by atoms with van der Waals surface area (Å²) in [4.78, 5) is 25.0. The van der Waals surface area contributed by atoms with Crippen LogP contribution in [-0.2, 0) is 19.4 Å². The molecule has 7 nitrogen and oxygen atoms in total. The number of carbonyl (C=O) groups excluding carboxylic acids is 1. The highest BCUT2D eigenvalue weighted by molar-refractivity contribution is 7.91. The first kappa shape index (κ1) is 14.8. The number of carboxylic acids is 1. The van der Waals surface area contributed by atoms with Gasteiger partial charge in [0, 0.05) is 18.1 Å². The highest BCUT2D eigenvalue weighted by atomic mass is 32.2. The van der Waals surface area contributed by atoms with Crippen LogP contribution in [0, 0.1) is 5.92 Å². The van der Waals surface area contributed by atoms with Gasteiger partial charge in [-0.1, -0.05) is 0 Å². The van der Waals surface area contributed by atoms with Crippen molar-refractivity contribution < 1.29 is 23.1 Å². The van der Waals surface area contributed by atoms with Crippen LogP contribution in [0.4, 0.5) is 0 Å². The van der Waals surface area contributed by atoms with Crippen LogP contribution in [0.1, 0.15) is 25.7 Å². The van der Waals surface area contributed by atoms with E-state index in [1.807, 2.05) is 0 Å². The zero-order valence-electron chi connectivity index (χ0n) is 11.7. The molecule has 21 heavy (non-hydrogen) atoms. The summed E-state index contributed by atoms with van der Waals surface area (Å²) in [6.07, 6.45) is 3.07.